The van der Waals surface area contributed by atoms with Crippen molar-refractivity contribution in [3.05, 3.63) is 29.6 Å². The van der Waals surface area contributed by atoms with Gasteiger partial charge in [-0.3, -0.25) is 0 Å². The molecular weight excluding hydrogens is 297 g/mol. The van der Waals surface area contributed by atoms with E-state index in [2.05, 4.69) is 11.8 Å². The molecule has 0 saturated carbocycles. The molecule has 1 rings (SSSR count). The Morgan fingerprint density at radius 1 is 1.43 bits per heavy atom. The van der Waals surface area contributed by atoms with Gasteiger partial charge in [0.1, 0.15) is 10.7 Å². The number of sulfonamides is 1. The van der Waals surface area contributed by atoms with E-state index in [1.165, 1.54) is 26.3 Å². The van der Waals surface area contributed by atoms with Crippen molar-refractivity contribution < 1.29 is 22.7 Å². The lowest BCUT2D eigenvalue weighted by Gasteiger charge is -2.17. The molecule has 7 heteroatoms. The molecule has 0 saturated heterocycles. The maximum absolute atomic E-state index is 14.0. The summed E-state index contributed by atoms with van der Waals surface area (Å²) in [6.45, 7) is 0.282. The number of halogens is 1. The van der Waals surface area contributed by atoms with E-state index in [-0.39, 0.29) is 26.2 Å². The normalized spacial score (nSPS) is 11.3. The van der Waals surface area contributed by atoms with Crippen LogP contribution in [0.3, 0.4) is 0 Å². The van der Waals surface area contributed by atoms with Gasteiger partial charge in [-0.25, -0.2) is 12.8 Å². The molecule has 1 N–H and O–H groups in total. The van der Waals surface area contributed by atoms with E-state index in [0.717, 1.165) is 10.4 Å². The molecule has 0 bridgehead atoms. The fraction of sp³-hybridized carbons (Fsp3) is 0.429. The summed E-state index contributed by atoms with van der Waals surface area (Å²) in [6.07, 6.45) is 0.279. The number of aliphatic hydroxyl groups excluding tert-OH is 1. The molecule has 1 aromatic carbocycles. The van der Waals surface area contributed by atoms with Crippen LogP contribution in [-0.4, -0.2) is 51.7 Å². The molecule has 0 atom stereocenters. The predicted octanol–water partition coefficient (Wildman–Crippen LogP) is 0.827. The van der Waals surface area contributed by atoms with Gasteiger partial charge in [0, 0.05) is 32.7 Å². The van der Waals surface area contributed by atoms with Gasteiger partial charge < -0.3 is 9.84 Å². The number of methoxy groups -OCH3 is 1. The molecule has 0 aliphatic rings. The highest BCUT2D eigenvalue weighted by molar-refractivity contribution is 7.89. The first kappa shape index (κ1) is 17.6. The lowest BCUT2D eigenvalue weighted by atomic mass is 10.2. The molecule has 0 aliphatic carbocycles. The summed E-state index contributed by atoms with van der Waals surface area (Å²) >= 11 is 0. The Morgan fingerprint density at radius 3 is 2.71 bits per heavy atom. The van der Waals surface area contributed by atoms with Gasteiger partial charge in [-0.1, -0.05) is 11.8 Å². The minimum atomic E-state index is -3.89. The van der Waals surface area contributed by atoms with E-state index in [9.17, 15) is 12.8 Å². The van der Waals surface area contributed by atoms with Crippen LogP contribution in [0, 0.1) is 17.7 Å². The zero-order chi connectivity index (χ0) is 15.9. The smallest absolute Gasteiger partial charge is 0.245 e. The molecule has 21 heavy (non-hydrogen) atoms. The van der Waals surface area contributed by atoms with Crippen LogP contribution in [0.5, 0.6) is 0 Å². The molecule has 0 amide bonds. The Bertz CT molecular complexity index is 634. The molecule has 1 aromatic rings. The second kappa shape index (κ2) is 8.10. The fourth-order valence-electron chi connectivity index (χ4n) is 1.52. The monoisotopic (exact) mass is 315 g/mol. The van der Waals surface area contributed by atoms with Crippen molar-refractivity contribution in [2.45, 2.75) is 11.3 Å². The third-order valence-electron chi connectivity index (χ3n) is 2.70. The third kappa shape index (κ3) is 4.79. The van der Waals surface area contributed by atoms with Crippen molar-refractivity contribution >= 4 is 10.0 Å². The summed E-state index contributed by atoms with van der Waals surface area (Å²) in [5, 5.41) is 8.61. The lowest BCUT2D eigenvalue weighted by Crippen LogP contribution is -2.30. The first-order valence-corrected chi connectivity index (χ1v) is 7.72. The second-order valence-electron chi connectivity index (χ2n) is 4.24. The number of aliphatic hydroxyl groups is 1. The molecule has 5 nitrogen and oxygen atoms in total. The summed E-state index contributed by atoms with van der Waals surface area (Å²) in [7, 11) is -1.07. The lowest BCUT2D eigenvalue weighted by molar-refractivity contribution is 0.185. The Morgan fingerprint density at radius 2 is 2.14 bits per heavy atom. The number of rotatable bonds is 6. The van der Waals surface area contributed by atoms with Crippen LogP contribution in [-0.2, 0) is 14.8 Å². The van der Waals surface area contributed by atoms with Crippen molar-refractivity contribution in [1.82, 2.24) is 4.31 Å². The van der Waals surface area contributed by atoms with Gasteiger partial charge in [0.05, 0.1) is 13.2 Å². The van der Waals surface area contributed by atoms with Crippen LogP contribution in [0.2, 0.25) is 0 Å². The highest BCUT2D eigenvalue weighted by atomic mass is 32.2. The summed E-state index contributed by atoms with van der Waals surface area (Å²) in [5.74, 6) is 4.44. The second-order valence-corrected chi connectivity index (χ2v) is 6.25. The number of benzene rings is 1. The quantitative estimate of drug-likeness (QED) is 0.790. The topological polar surface area (TPSA) is 66.8 Å². The average molecular weight is 315 g/mol. The number of hydrogen-bond acceptors (Lipinski definition) is 4. The largest absolute Gasteiger partial charge is 0.395 e. The minimum absolute atomic E-state index is 0.0771. The van der Waals surface area contributed by atoms with Crippen molar-refractivity contribution in [3.8, 4) is 11.8 Å². The molecule has 0 fully saturated rings. The molecular formula is C14H18FNO4S. The molecule has 0 spiro atoms. The van der Waals surface area contributed by atoms with Gasteiger partial charge >= 0.3 is 0 Å². The van der Waals surface area contributed by atoms with Crippen molar-refractivity contribution in [2.24, 2.45) is 0 Å². The summed E-state index contributed by atoms with van der Waals surface area (Å²) < 4.78 is 44.2. The van der Waals surface area contributed by atoms with E-state index in [4.69, 9.17) is 9.84 Å². The molecule has 0 aliphatic heterocycles. The first-order valence-electron chi connectivity index (χ1n) is 6.28. The van der Waals surface area contributed by atoms with Crippen molar-refractivity contribution in [2.75, 3.05) is 33.9 Å². The Balaban J connectivity index is 3.02. The maximum Gasteiger partial charge on any atom is 0.245 e. The van der Waals surface area contributed by atoms with Gasteiger partial charge in [-0.05, 0) is 18.2 Å². The highest BCUT2D eigenvalue weighted by Crippen LogP contribution is 2.19. The van der Waals surface area contributed by atoms with E-state index < -0.39 is 20.7 Å². The SMILES string of the molecule is COCCN(C)S(=O)(=O)c1ccc(C#CCCO)cc1F. The third-order valence-corrected chi connectivity index (χ3v) is 4.59. The standard InChI is InChI=1S/C14H18FNO4S/c1-16(8-10-20-2)21(18,19)14-7-6-12(11-13(14)15)5-3-4-9-17/h6-7,11,17H,4,8-10H2,1-2H3. The maximum atomic E-state index is 14.0. The summed E-state index contributed by atoms with van der Waals surface area (Å²) in [4.78, 5) is -0.395. The van der Waals surface area contributed by atoms with E-state index >= 15 is 0 Å². The number of ether oxygens (including phenoxy) is 1. The number of hydrogen-bond donors (Lipinski definition) is 1. The van der Waals surface area contributed by atoms with E-state index in [0.29, 0.717) is 5.56 Å². The Labute approximate surface area is 124 Å². The number of likely N-dealkylation sites (N-methyl/N-ethyl adjacent to an activating group) is 1. The number of nitrogens with zero attached hydrogens (tertiary/aromatic N) is 1. The summed E-state index contributed by atoms with van der Waals surface area (Å²) in [5.41, 5.74) is 0.361. The average Bonchev–Trinajstić information content (AvgIpc) is 2.44. The van der Waals surface area contributed by atoms with Crippen LogP contribution in [0.1, 0.15) is 12.0 Å². The van der Waals surface area contributed by atoms with Crippen LogP contribution in [0.15, 0.2) is 23.1 Å². The van der Waals surface area contributed by atoms with E-state index in [1.54, 1.807) is 0 Å². The zero-order valence-corrected chi connectivity index (χ0v) is 12.8. The van der Waals surface area contributed by atoms with Gasteiger partial charge in [-0.2, -0.15) is 4.31 Å². The van der Waals surface area contributed by atoms with Gasteiger partial charge in [0.2, 0.25) is 10.0 Å². The van der Waals surface area contributed by atoms with Crippen LogP contribution in [0.25, 0.3) is 0 Å². The van der Waals surface area contributed by atoms with Crippen LogP contribution in [0.4, 0.5) is 4.39 Å². The molecule has 0 heterocycles. The van der Waals surface area contributed by atoms with Gasteiger partial charge in [-0.15, -0.1) is 0 Å². The van der Waals surface area contributed by atoms with Crippen molar-refractivity contribution in [1.29, 1.82) is 0 Å². The van der Waals surface area contributed by atoms with Crippen molar-refractivity contribution in [3.63, 3.8) is 0 Å². The Hall–Kier alpha value is -1.46. The predicted molar refractivity (Wildman–Crippen MR) is 76.7 cm³/mol. The molecule has 0 unspecified atom stereocenters. The minimum Gasteiger partial charge on any atom is -0.395 e. The molecule has 0 aromatic heterocycles. The van der Waals surface area contributed by atoms with Crippen LogP contribution >= 0.6 is 0 Å². The van der Waals surface area contributed by atoms with Gasteiger partial charge in [0.15, 0.2) is 0 Å². The Kier molecular flexibility index (Phi) is 6.78. The first-order chi connectivity index (χ1) is 9.93. The summed E-state index contributed by atoms with van der Waals surface area (Å²) in [6, 6.07) is 3.70. The molecule has 116 valence electrons. The van der Waals surface area contributed by atoms with Crippen LogP contribution < -0.4 is 0 Å². The van der Waals surface area contributed by atoms with Gasteiger partial charge in [0.25, 0.3) is 0 Å². The highest BCUT2D eigenvalue weighted by Gasteiger charge is 2.24. The fourth-order valence-corrected chi connectivity index (χ4v) is 2.71. The molecule has 0 radical (unpaired) electrons. The van der Waals surface area contributed by atoms with E-state index in [1.807, 2.05) is 0 Å². The zero-order valence-electron chi connectivity index (χ0n) is 12.0.